The number of thioether (sulfide) groups is 1. The maximum absolute atomic E-state index is 9.37. The van der Waals surface area contributed by atoms with Gasteiger partial charge in [-0.25, -0.2) is 0 Å². The molecule has 0 aliphatic rings. The van der Waals surface area contributed by atoms with Crippen LogP contribution in [0.5, 0.6) is 6.01 Å². The summed E-state index contributed by atoms with van der Waals surface area (Å²) in [5.41, 5.74) is 0. The van der Waals surface area contributed by atoms with Gasteiger partial charge in [0.1, 0.15) is 0 Å². The first-order valence-electron chi connectivity index (χ1n) is 4.92. The molecule has 2 atom stereocenters. The van der Waals surface area contributed by atoms with Gasteiger partial charge in [0.05, 0.1) is 12.7 Å². The highest BCUT2D eigenvalue weighted by atomic mass is 35.5. The van der Waals surface area contributed by atoms with Gasteiger partial charge in [-0.1, -0.05) is 18.7 Å². The van der Waals surface area contributed by atoms with Crippen LogP contribution in [0.15, 0.2) is 5.16 Å². The minimum atomic E-state index is -0.448. The summed E-state index contributed by atoms with van der Waals surface area (Å²) in [6.07, 6.45) is -0.448. The number of ether oxygens (including phenoxy) is 1. The Balaban J connectivity index is 2.79. The Morgan fingerprint density at radius 3 is 2.62 bits per heavy atom. The fourth-order valence-corrected chi connectivity index (χ4v) is 1.83. The van der Waals surface area contributed by atoms with Crippen molar-refractivity contribution in [2.75, 3.05) is 6.61 Å². The van der Waals surface area contributed by atoms with Gasteiger partial charge in [-0.05, 0) is 25.4 Å². The van der Waals surface area contributed by atoms with E-state index >= 15 is 0 Å². The van der Waals surface area contributed by atoms with E-state index in [9.17, 15) is 5.11 Å². The second kappa shape index (κ2) is 6.22. The Labute approximate surface area is 104 Å². The topological polar surface area (TPSA) is 68.1 Å². The fraction of sp³-hybridized carbons (Fsp3) is 0.667. The highest BCUT2D eigenvalue weighted by Gasteiger charge is 2.14. The van der Waals surface area contributed by atoms with Gasteiger partial charge in [-0.15, -0.1) is 0 Å². The van der Waals surface area contributed by atoms with Gasteiger partial charge in [0.25, 0.3) is 0 Å². The molecule has 90 valence electrons. The summed E-state index contributed by atoms with van der Waals surface area (Å²) in [4.78, 5) is 11.8. The molecule has 0 saturated carbocycles. The van der Waals surface area contributed by atoms with Crippen LogP contribution < -0.4 is 4.74 Å². The van der Waals surface area contributed by atoms with Crippen molar-refractivity contribution in [1.29, 1.82) is 0 Å². The molecule has 1 aromatic rings. The van der Waals surface area contributed by atoms with Crippen LogP contribution in [0.4, 0.5) is 0 Å². The zero-order chi connectivity index (χ0) is 12.1. The van der Waals surface area contributed by atoms with Crippen LogP contribution in [-0.2, 0) is 0 Å². The maximum Gasteiger partial charge on any atom is 0.321 e. The first-order valence-corrected chi connectivity index (χ1v) is 6.17. The Morgan fingerprint density at radius 1 is 1.38 bits per heavy atom. The molecule has 0 saturated heterocycles. The summed E-state index contributed by atoms with van der Waals surface area (Å²) in [6.45, 7) is 5.90. The minimum Gasteiger partial charge on any atom is -0.464 e. The number of aromatic nitrogens is 3. The van der Waals surface area contributed by atoms with E-state index in [0.717, 1.165) is 0 Å². The monoisotopic (exact) mass is 263 g/mol. The second-order valence-electron chi connectivity index (χ2n) is 3.17. The number of hydrogen-bond acceptors (Lipinski definition) is 6. The van der Waals surface area contributed by atoms with E-state index in [1.807, 2.05) is 13.8 Å². The molecule has 0 bridgehead atoms. The van der Waals surface area contributed by atoms with Crippen molar-refractivity contribution in [3.05, 3.63) is 5.28 Å². The Hall–Kier alpha value is -0.590. The molecule has 7 heteroatoms. The van der Waals surface area contributed by atoms with Gasteiger partial charge < -0.3 is 9.84 Å². The maximum atomic E-state index is 9.37. The summed E-state index contributed by atoms with van der Waals surface area (Å²) >= 11 is 7.06. The molecule has 1 aromatic heterocycles. The molecule has 0 amide bonds. The summed E-state index contributed by atoms with van der Waals surface area (Å²) in [5, 5.41) is 9.90. The summed E-state index contributed by atoms with van der Waals surface area (Å²) in [7, 11) is 0. The van der Waals surface area contributed by atoms with Gasteiger partial charge in [-0.3, -0.25) is 0 Å². The first kappa shape index (κ1) is 13.5. The second-order valence-corrected chi connectivity index (χ2v) is 4.85. The fourth-order valence-electron chi connectivity index (χ4n) is 0.826. The molecule has 1 N–H and O–H groups in total. The molecule has 0 radical (unpaired) electrons. The van der Waals surface area contributed by atoms with Crippen LogP contribution in [0.1, 0.15) is 20.8 Å². The summed E-state index contributed by atoms with van der Waals surface area (Å²) < 4.78 is 5.15. The number of aliphatic hydroxyl groups is 1. The zero-order valence-corrected chi connectivity index (χ0v) is 10.9. The average Bonchev–Trinajstić information content (AvgIpc) is 2.16. The molecule has 0 fully saturated rings. The van der Waals surface area contributed by atoms with Crippen molar-refractivity contribution in [1.82, 2.24) is 15.0 Å². The largest absolute Gasteiger partial charge is 0.464 e. The molecular formula is C9H14ClN3O2S. The number of hydrogen-bond donors (Lipinski definition) is 1. The van der Waals surface area contributed by atoms with E-state index in [0.29, 0.717) is 11.8 Å². The average molecular weight is 264 g/mol. The lowest BCUT2D eigenvalue weighted by Gasteiger charge is -2.12. The smallest absolute Gasteiger partial charge is 0.321 e. The van der Waals surface area contributed by atoms with Crippen LogP contribution in [0.3, 0.4) is 0 Å². The van der Waals surface area contributed by atoms with Gasteiger partial charge in [0.15, 0.2) is 5.16 Å². The normalized spacial score (nSPS) is 14.6. The zero-order valence-electron chi connectivity index (χ0n) is 9.35. The van der Waals surface area contributed by atoms with Crippen molar-refractivity contribution in [2.45, 2.75) is 37.3 Å². The van der Waals surface area contributed by atoms with Crippen LogP contribution in [0, 0.1) is 0 Å². The molecule has 16 heavy (non-hydrogen) atoms. The third-order valence-electron chi connectivity index (χ3n) is 1.81. The molecule has 1 heterocycles. The minimum absolute atomic E-state index is 0.0204. The van der Waals surface area contributed by atoms with E-state index < -0.39 is 6.10 Å². The standard InChI is InChI=1S/C9H14ClN3O2S/c1-4-15-8-11-7(10)12-9(13-8)16-6(3)5(2)14/h5-6,14H,4H2,1-3H3. The Kier molecular flexibility index (Phi) is 5.24. The van der Waals surface area contributed by atoms with Gasteiger partial charge >= 0.3 is 6.01 Å². The van der Waals surface area contributed by atoms with Crippen LogP contribution >= 0.6 is 23.4 Å². The first-order chi connectivity index (χ1) is 7.52. The quantitative estimate of drug-likeness (QED) is 0.817. The Bertz CT molecular complexity index is 352. The number of rotatable bonds is 5. The molecular weight excluding hydrogens is 250 g/mol. The third kappa shape index (κ3) is 4.11. The van der Waals surface area contributed by atoms with Crippen LogP contribution in [-0.4, -0.2) is 38.0 Å². The van der Waals surface area contributed by atoms with Crippen molar-refractivity contribution in [3.8, 4) is 6.01 Å². The number of halogens is 1. The summed E-state index contributed by atoms with van der Waals surface area (Å²) in [5.74, 6) is 0. The molecule has 0 aromatic carbocycles. The van der Waals surface area contributed by atoms with E-state index in [4.69, 9.17) is 16.3 Å². The molecule has 0 aliphatic carbocycles. The lowest BCUT2D eigenvalue weighted by Crippen LogP contribution is -2.15. The lowest BCUT2D eigenvalue weighted by molar-refractivity contribution is 0.196. The predicted octanol–water partition coefficient (Wildman–Crippen LogP) is 1.79. The molecule has 0 spiro atoms. The van der Waals surface area contributed by atoms with Gasteiger partial charge in [0.2, 0.25) is 5.28 Å². The van der Waals surface area contributed by atoms with E-state index in [2.05, 4.69) is 15.0 Å². The van der Waals surface area contributed by atoms with Gasteiger partial charge in [0, 0.05) is 5.25 Å². The van der Waals surface area contributed by atoms with Crippen LogP contribution in [0.25, 0.3) is 0 Å². The van der Waals surface area contributed by atoms with E-state index in [1.165, 1.54) is 11.8 Å². The van der Waals surface area contributed by atoms with E-state index in [-0.39, 0.29) is 16.5 Å². The number of aliphatic hydroxyl groups excluding tert-OH is 1. The molecule has 1 rings (SSSR count). The predicted molar refractivity (Wildman–Crippen MR) is 63.0 cm³/mol. The SMILES string of the molecule is CCOc1nc(Cl)nc(SC(C)C(C)O)n1. The number of nitrogens with zero attached hydrogens (tertiary/aromatic N) is 3. The van der Waals surface area contributed by atoms with Crippen molar-refractivity contribution >= 4 is 23.4 Å². The molecule has 2 unspecified atom stereocenters. The highest BCUT2D eigenvalue weighted by molar-refractivity contribution is 7.99. The highest BCUT2D eigenvalue weighted by Crippen LogP contribution is 2.23. The van der Waals surface area contributed by atoms with Gasteiger partial charge in [-0.2, -0.15) is 15.0 Å². The lowest BCUT2D eigenvalue weighted by atomic mass is 10.3. The van der Waals surface area contributed by atoms with Crippen molar-refractivity contribution < 1.29 is 9.84 Å². The van der Waals surface area contributed by atoms with Crippen LogP contribution in [0.2, 0.25) is 5.28 Å². The molecule has 0 aliphatic heterocycles. The molecule has 5 nitrogen and oxygen atoms in total. The van der Waals surface area contributed by atoms with E-state index in [1.54, 1.807) is 6.92 Å². The summed E-state index contributed by atoms with van der Waals surface area (Å²) in [6, 6.07) is 0.211. The van der Waals surface area contributed by atoms with Crippen molar-refractivity contribution in [3.63, 3.8) is 0 Å². The third-order valence-corrected chi connectivity index (χ3v) is 3.14. The Morgan fingerprint density at radius 2 is 2.06 bits per heavy atom. The van der Waals surface area contributed by atoms with Crippen molar-refractivity contribution in [2.24, 2.45) is 0 Å².